The number of benzene rings is 1. The lowest BCUT2D eigenvalue weighted by molar-refractivity contribution is 0.595. The van der Waals surface area contributed by atoms with Crippen molar-refractivity contribution in [1.29, 1.82) is 0 Å². The molecule has 0 aliphatic heterocycles. The maximum atomic E-state index is 13.2. The van der Waals surface area contributed by atoms with Crippen LogP contribution in [0.4, 0.5) is 16.0 Å². The van der Waals surface area contributed by atoms with Crippen LogP contribution in [0.25, 0.3) is 0 Å². The average Bonchev–Trinajstić information content (AvgIpc) is 2.32. The lowest BCUT2D eigenvalue weighted by Gasteiger charge is -2.08. The molecule has 0 radical (unpaired) electrons. The fourth-order valence-electron chi connectivity index (χ4n) is 1.42. The third kappa shape index (κ3) is 2.99. The summed E-state index contributed by atoms with van der Waals surface area (Å²) in [6, 6.07) is 3.01. The van der Waals surface area contributed by atoms with Crippen molar-refractivity contribution in [2.45, 2.75) is 18.7 Å². The molecule has 1 aromatic carbocycles. The van der Waals surface area contributed by atoms with Gasteiger partial charge in [0, 0.05) is 5.69 Å². The summed E-state index contributed by atoms with van der Waals surface area (Å²) in [6.07, 6.45) is 0. The van der Waals surface area contributed by atoms with Crippen LogP contribution in [-0.4, -0.2) is 23.6 Å². The Bertz CT molecular complexity index is 743. The van der Waals surface area contributed by atoms with Crippen LogP contribution in [0.1, 0.15) is 11.4 Å². The summed E-state index contributed by atoms with van der Waals surface area (Å²) < 4.78 is 39.4. The zero-order valence-corrected chi connectivity index (χ0v) is 11.6. The lowest BCUT2D eigenvalue weighted by atomic mass is 10.3. The van der Waals surface area contributed by atoms with Gasteiger partial charge < -0.3 is 5.73 Å². The molecule has 7 nitrogen and oxygen atoms in total. The summed E-state index contributed by atoms with van der Waals surface area (Å²) in [5.74, 6) is -0.930. The normalized spacial score (nSPS) is 11.3. The summed E-state index contributed by atoms with van der Waals surface area (Å²) in [4.78, 5) is 3.63. The summed E-state index contributed by atoms with van der Waals surface area (Å²) in [6.45, 7) is 3.36. The largest absolute Gasteiger partial charge is 0.399 e. The number of nitrogens with zero attached hydrogens (tertiary/aromatic N) is 3. The number of hydrogen-bond acceptors (Lipinski definition) is 6. The summed E-state index contributed by atoms with van der Waals surface area (Å²) in [7, 11) is -4.02. The zero-order valence-electron chi connectivity index (χ0n) is 10.8. The van der Waals surface area contributed by atoms with E-state index < -0.39 is 15.8 Å². The first-order valence-electron chi connectivity index (χ1n) is 5.55. The van der Waals surface area contributed by atoms with Gasteiger partial charge in [-0.05, 0) is 32.0 Å². The highest BCUT2D eigenvalue weighted by Gasteiger charge is 2.18. The number of halogens is 1. The number of aromatic nitrogens is 3. The highest BCUT2D eigenvalue weighted by molar-refractivity contribution is 7.92. The Balaban J connectivity index is 2.37. The predicted octanol–water partition coefficient (Wildman–Crippen LogP) is 1.01. The number of aryl methyl sites for hydroxylation is 2. The Morgan fingerprint density at radius 3 is 2.45 bits per heavy atom. The predicted molar refractivity (Wildman–Crippen MR) is 70.9 cm³/mol. The SMILES string of the molecule is Cc1nnc(NS(=O)(=O)c2cc(N)cc(F)c2)nc1C. The first-order chi connectivity index (χ1) is 9.28. The van der Waals surface area contributed by atoms with Crippen molar-refractivity contribution in [2.24, 2.45) is 0 Å². The summed E-state index contributed by atoms with van der Waals surface area (Å²) >= 11 is 0. The minimum absolute atomic E-state index is 0.00417. The maximum Gasteiger partial charge on any atom is 0.264 e. The van der Waals surface area contributed by atoms with Gasteiger partial charge >= 0.3 is 0 Å². The number of hydrogen-bond donors (Lipinski definition) is 2. The second kappa shape index (κ2) is 5.00. The Kier molecular flexibility index (Phi) is 3.53. The number of anilines is 2. The molecule has 0 saturated heterocycles. The van der Waals surface area contributed by atoms with Crippen molar-refractivity contribution < 1.29 is 12.8 Å². The van der Waals surface area contributed by atoms with E-state index in [1.807, 2.05) is 0 Å². The zero-order chi connectivity index (χ0) is 14.9. The molecule has 1 aromatic heterocycles. The summed E-state index contributed by atoms with van der Waals surface area (Å²) in [5, 5.41) is 7.37. The van der Waals surface area contributed by atoms with Gasteiger partial charge in [0.25, 0.3) is 16.0 Å². The van der Waals surface area contributed by atoms with Gasteiger partial charge in [0.05, 0.1) is 16.3 Å². The molecule has 0 amide bonds. The van der Waals surface area contributed by atoms with Gasteiger partial charge in [0.15, 0.2) is 0 Å². The van der Waals surface area contributed by atoms with Crippen molar-refractivity contribution in [1.82, 2.24) is 15.2 Å². The minimum atomic E-state index is -4.02. The molecule has 0 aliphatic carbocycles. The Morgan fingerprint density at radius 2 is 1.85 bits per heavy atom. The van der Waals surface area contributed by atoms with E-state index >= 15 is 0 Å². The molecule has 0 fully saturated rings. The van der Waals surface area contributed by atoms with E-state index in [2.05, 4.69) is 19.9 Å². The molecule has 0 spiro atoms. The maximum absolute atomic E-state index is 13.2. The van der Waals surface area contributed by atoms with Crippen LogP contribution in [0.15, 0.2) is 23.1 Å². The van der Waals surface area contributed by atoms with E-state index in [1.54, 1.807) is 13.8 Å². The molecule has 9 heteroatoms. The van der Waals surface area contributed by atoms with Crippen molar-refractivity contribution in [3.63, 3.8) is 0 Å². The molecule has 3 N–H and O–H groups in total. The number of rotatable bonds is 3. The van der Waals surface area contributed by atoms with Crippen LogP contribution in [-0.2, 0) is 10.0 Å². The Hall–Kier alpha value is -2.29. The van der Waals surface area contributed by atoms with Crippen molar-refractivity contribution >= 4 is 21.7 Å². The second-order valence-corrected chi connectivity index (χ2v) is 5.81. The molecule has 0 aliphatic rings. The lowest BCUT2D eigenvalue weighted by Crippen LogP contribution is -2.16. The molecule has 1 heterocycles. The number of nitrogens with one attached hydrogen (secondary N) is 1. The van der Waals surface area contributed by atoms with Gasteiger partial charge in [-0.25, -0.2) is 22.5 Å². The number of nitrogens with two attached hydrogens (primary N) is 1. The second-order valence-electron chi connectivity index (χ2n) is 4.13. The van der Waals surface area contributed by atoms with E-state index in [-0.39, 0.29) is 16.5 Å². The van der Waals surface area contributed by atoms with Gasteiger partial charge in [-0.2, -0.15) is 5.10 Å². The van der Waals surface area contributed by atoms with E-state index in [0.29, 0.717) is 11.4 Å². The van der Waals surface area contributed by atoms with Crippen molar-refractivity contribution in [3.8, 4) is 0 Å². The van der Waals surface area contributed by atoms with Gasteiger partial charge in [0.2, 0.25) is 0 Å². The first-order valence-corrected chi connectivity index (χ1v) is 7.03. The third-order valence-electron chi connectivity index (χ3n) is 2.52. The smallest absolute Gasteiger partial charge is 0.264 e. The van der Waals surface area contributed by atoms with Crippen LogP contribution in [0, 0.1) is 19.7 Å². The van der Waals surface area contributed by atoms with Gasteiger partial charge in [-0.15, -0.1) is 5.10 Å². The van der Waals surface area contributed by atoms with Crippen LogP contribution >= 0.6 is 0 Å². The highest BCUT2D eigenvalue weighted by Crippen LogP contribution is 2.18. The fourth-order valence-corrected chi connectivity index (χ4v) is 2.42. The first kappa shape index (κ1) is 14.1. The quantitative estimate of drug-likeness (QED) is 0.818. The van der Waals surface area contributed by atoms with Crippen LogP contribution < -0.4 is 10.5 Å². The average molecular weight is 297 g/mol. The Labute approximate surface area is 115 Å². The number of sulfonamides is 1. The van der Waals surface area contributed by atoms with Crippen LogP contribution in [0.2, 0.25) is 0 Å². The molecule has 0 saturated carbocycles. The molecule has 0 unspecified atom stereocenters. The van der Waals surface area contributed by atoms with Gasteiger partial charge in [0.1, 0.15) is 5.82 Å². The molecule has 20 heavy (non-hydrogen) atoms. The topological polar surface area (TPSA) is 111 Å². The van der Waals surface area contributed by atoms with Crippen LogP contribution in [0.5, 0.6) is 0 Å². The fraction of sp³-hybridized carbons (Fsp3) is 0.182. The standard InChI is InChI=1S/C11H12FN5O2S/c1-6-7(2)15-16-11(14-6)17-20(18,19)10-4-8(12)3-9(13)5-10/h3-5H,13H2,1-2H3,(H,14,16,17). The molecular formula is C11H12FN5O2S. The van der Waals surface area contributed by atoms with E-state index in [1.165, 1.54) is 0 Å². The molecular weight excluding hydrogens is 285 g/mol. The highest BCUT2D eigenvalue weighted by atomic mass is 32.2. The molecule has 106 valence electrons. The van der Waals surface area contributed by atoms with E-state index in [4.69, 9.17) is 5.73 Å². The van der Waals surface area contributed by atoms with E-state index in [0.717, 1.165) is 18.2 Å². The molecule has 2 rings (SSSR count). The Morgan fingerprint density at radius 1 is 1.15 bits per heavy atom. The molecule has 2 aromatic rings. The number of nitrogen functional groups attached to an aromatic ring is 1. The third-order valence-corrected chi connectivity index (χ3v) is 3.83. The van der Waals surface area contributed by atoms with Gasteiger partial charge in [-0.3, -0.25) is 0 Å². The monoisotopic (exact) mass is 297 g/mol. The van der Waals surface area contributed by atoms with Crippen LogP contribution in [0.3, 0.4) is 0 Å². The van der Waals surface area contributed by atoms with Crippen molar-refractivity contribution in [3.05, 3.63) is 35.4 Å². The minimum Gasteiger partial charge on any atom is -0.399 e. The van der Waals surface area contributed by atoms with E-state index in [9.17, 15) is 12.8 Å². The van der Waals surface area contributed by atoms with Crippen molar-refractivity contribution in [2.75, 3.05) is 10.5 Å². The summed E-state index contributed by atoms with van der Waals surface area (Å²) in [5.41, 5.74) is 6.55. The molecule has 0 bridgehead atoms. The molecule has 0 atom stereocenters. The van der Waals surface area contributed by atoms with Gasteiger partial charge in [-0.1, -0.05) is 0 Å².